The van der Waals surface area contributed by atoms with Gasteiger partial charge in [-0.1, -0.05) is 36.0 Å². The summed E-state index contributed by atoms with van der Waals surface area (Å²) in [5.74, 6) is 1.86. The first-order chi connectivity index (χ1) is 12.2. The molecule has 1 aliphatic rings. The molecule has 1 fully saturated rings. The van der Waals surface area contributed by atoms with Crippen LogP contribution in [0.5, 0.6) is 0 Å². The average molecular weight is 356 g/mol. The van der Waals surface area contributed by atoms with Gasteiger partial charge in [-0.3, -0.25) is 9.36 Å². The van der Waals surface area contributed by atoms with Gasteiger partial charge in [-0.25, -0.2) is 4.98 Å². The number of aromatic nitrogens is 4. The zero-order chi connectivity index (χ0) is 17.4. The predicted molar refractivity (Wildman–Crippen MR) is 96.8 cm³/mol. The Hall–Kier alpha value is -2.15. The fourth-order valence-corrected chi connectivity index (χ4v) is 3.75. The van der Waals surface area contributed by atoms with Crippen LogP contribution in [-0.4, -0.2) is 19.7 Å². The first-order valence-electron chi connectivity index (χ1n) is 8.67. The normalized spacial score (nSPS) is 15.6. The monoisotopic (exact) mass is 356 g/mol. The minimum Gasteiger partial charge on any atom is -0.338 e. The summed E-state index contributed by atoms with van der Waals surface area (Å²) in [6.45, 7) is 4.70. The third kappa shape index (κ3) is 3.20. The molecule has 7 heteroatoms. The van der Waals surface area contributed by atoms with Crippen molar-refractivity contribution >= 4 is 22.7 Å². The van der Waals surface area contributed by atoms with Crippen molar-refractivity contribution in [2.75, 3.05) is 0 Å². The van der Waals surface area contributed by atoms with Crippen molar-refractivity contribution in [3.05, 3.63) is 46.3 Å². The molecule has 0 bridgehead atoms. The Bertz CT molecular complexity index is 961. The molecule has 0 N–H and O–H groups in total. The highest BCUT2D eigenvalue weighted by Crippen LogP contribution is 2.40. The average Bonchev–Trinajstić information content (AvgIpc) is 3.35. The van der Waals surface area contributed by atoms with Crippen LogP contribution in [0.3, 0.4) is 0 Å². The van der Waals surface area contributed by atoms with E-state index in [0.29, 0.717) is 28.9 Å². The minimum atomic E-state index is -0.0591. The number of hydrogen-bond acceptors (Lipinski definition) is 6. The molecule has 0 spiro atoms. The third-order valence-electron chi connectivity index (χ3n) is 4.30. The quantitative estimate of drug-likeness (QED) is 0.492. The lowest BCUT2D eigenvalue weighted by molar-refractivity contribution is 0.374. The van der Waals surface area contributed by atoms with Gasteiger partial charge in [0, 0.05) is 12.5 Å². The molecule has 6 nitrogen and oxygen atoms in total. The van der Waals surface area contributed by atoms with Gasteiger partial charge in [0.2, 0.25) is 5.89 Å². The fourth-order valence-electron chi connectivity index (χ4n) is 2.79. The molecular formula is C18H20N4O2S. The SMILES string of the molecule is CCCn1c(SC(C)c2nc(C3CC3)no2)nc2ccccc2c1=O. The van der Waals surface area contributed by atoms with Crippen LogP contribution in [0.15, 0.2) is 38.7 Å². The Morgan fingerprint density at radius 1 is 1.32 bits per heavy atom. The second-order valence-corrected chi connectivity index (χ2v) is 7.70. The Kier molecular flexibility index (Phi) is 4.33. The van der Waals surface area contributed by atoms with Crippen molar-refractivity contribution < 1.29 is 4.52 Å². The Morgan fingerprint density at radius 3 is 2.88 bits per heavy atom. The molecule has 1 aromatic carbocycles. The van der Waals surface area contributed by atoms with E-state index >= 15 is 0 Å². The van der Waals surface area contributed by atoms with Gasteiger partial charge in [0.15, 0.2) is 11.0 Å². The molecule has 1 atom stereocenters. The van der Waals surface area contributed by atoms with Gasteiger partial charge in [0.25, 0.3) is 5.56 Å². The van der Waals surface area contributed by atoms with Crippen molar-refractivity contribution in [1.82, 2.24) is 19.7 Å². The zero-order valence-electron chi connectivity index (χ0n) is 14.3. The number of rotatable bonds is 6. The lowest BCUT2D eigenvalue weighted by Crippen LogP contribution is -2.23. The summed E-state index contributed by atoms with van der Waals surface area (Å²) in [7, 11) is 0. The first-order valence-corrected chi connectivity index (χ1v) is 9.55. The van der Waals surface area contributed by atoms with E-state index in [4.69, 9.17) is 9.51 Å². The van der Waals surface area contributed by atoms with E-state index in [-0.39, 0.29) is 10.8 Å². The number of thioether (sulfide) groups is 1. The van der Waals surface area contributed by atoms with Crippen LogP contribution in [0.2, 0.25) is 0 Å². The summed E-state index contributed by atoms with van der Waals surface area (Å²) < 4.78 is 7.17. The number of hydrogen-bond donors (Lipinski definition) is 0. The van der Waals surface area contributed by atoms with Crippen molar-refractivity contribution in [1.29, 1.82) is 0 Å². The maximum Gasteiger partial charge on any atom is 0.262 e. The molecule has 3 aromatic rings. The lowest BCUT2D eigenvalue weighted by Gasteiger charge is -2.14. The molecule has 1 aliphatic carbocycles. The van der Waals surface area contributed by atoms with Gasteiger partial charge in [-0.05, 0) is 38.3 Å². The van der Waals surface area contributed by atoms with Gasteiger partial charge < -0.3 is 4.52 Å². The summed E-state index contributed by atoms with van der Waals surface area (Å²) in [6, 6.07) is 7.47. The summed E-state index contributed by atoms with van der Waals surface area (Å²) in [5, 5.41) is 5.37. The Morgan fingerprint density at radius 2 is 2.12 bits per heavy atom. The second kappa shape index (κ2) is 6.63. The standard InChI is InChI=1S/C18H20N4O2S/c1-3-10-22-17(23)13-6-4-5-7-14(13)19-18(22)25-11(2)16-20-15(21-24-16)12-8-9-12/h4-7,11-12H,3,8-10H2,1-2H3. The van der Waals surface area contributed by atoms with Crippen LogP contribution in [-0.2, 0) is 6.54 Å². The lowest BCUT2D eigenvalue weighted by atomic mass is 10.2. The van der Waals surface area contributed by atoms with E-state index in [1.807, 2.05) is 31.2 Å². The largest absolute Gasteiger partial charge is 0.338 e. The molecule has 0 saturated heterocycles. The molecule has 0 aliphatic heterocycles. The van der Waals surface area contributed by atoms with E-state index in [9.17, 15) is 4.79 Å². The summed E-state index contributed by atoms with van der Waals surface area (Å²) in [4.78, 5) is 22.0. The molecule has 1 unspecified atom stereocenters. The van der Waals surface area contributed by atoms with Crippen LogP contribution < -0.4 is 5.56 Å². The van der Waals surface area contributed by atoms with Gasteiger partial charge in [0.05, 0.1) is 16.2 Å². The number of para-hydroxylation sites is 1. The Balaban J connectivity index is 1.68. The summed E-state index contributed by atoms with van der Waals surface area (Å²) in [6.07, 6.45) is 3.15. The van der Waals surface area contributed by atoms with Gasteiger partial charge in [-0.15, -0.1) is 0 Å². The summed E-state index contributed by atoms with van der Waals surface area (Å²) in [5.41, 5.74) is 0.727. The molecular weight excluding hydrogens is 336 g/mol. The maximum absolute atomic E-state index is 12.8. The molecule has 130 valence electrons. The first kappa shape index (κ1) is 16.3. The highest BCUT2D eigenvalue weighted by atomic mass is 32.2. The highest BCUT2D eigenvalue weighted by molar-refractivity contribution is 7.99. The molecule has 4 rings (SSSR count). The summed E-state index contributed by atoms with van der Waals surface area (Å²) >= 11 is 1.49. The molecule has 25 heavy (non-hydrogen) atoms. The van der Waals surface area contributed by atoms with E-state index in [1.165, 1.54) is 11.8 Å². The molecule has 2 aromatic heterocycles. The number of fused-ring (bicyclic) bond motifs is 1. The van der Waals surface area contributed by atoms with Crippen LogP contribution in [0, 0.1) is 0 Å². The maximum atomic E-state index is 12.8. The number of benzene rings is 1. The van der Waals surface area contributed by atoms with Crippen molar-refractivity contribution in [2.24, 2.45) is 0 Å². The number of nitrogens with zero attached hydrogens (tertiary/aromatic N) is 4. The minimum absolute atomic E-state index is 0.00588. The highest BCUT2D eigenvalue weighted by Gasteiger charge is 2.30. The van der Waals surface area contributed by atoms with Gasteiger partial charge >= 0.3 is 0 Å². The third-order valence-corrected chi connectivity index (χ3v) is 5.38. The van der Waals surface area contributed by atoms with Crippen molar-refractivity contribution in [2.45, 2.75) is 56.0 Å². The van der Waals surface area contributed by atoms with Crippen LogP contribution >= 0.6 is 11.8 Å². The second-order valence-electron chi connectivity index (χ2n) is 6.39. The molecule has 0 amide bonds. The van der Waals surface area contributed by atoms with Gasteiger partial charge in [0.1, 0.15) is 0 Å². The van der Waals surface area contributed by atoms with E-state index in [2.05, 4.69) is 17.1 Å². The molecule has 0 radical (unpaired) electrons. The van der Waals surface area contributed by atoms with Crippen LogP contribution in [0.25, 0.3) is 10.9 Å². The van der Waals surface area contributed by atoms with E-state index in [0.717, 1.165) is 30.6 Å². The van der Waals surface area contributed by atoms with E-state index < -0.39 is 0 Å². The van der Waals surface area contributed by atoms with Crippen LogP contribution in [0.1, 0.15) is 56.0 Å². The van der Waals surface area contributed by atoms with E-state index in [1.54, 1.807) is 4.57 Å². The molecule has 1 saturated carbocycles. The molecule has 2 heterocycles. The predicted octanol–water partition coefficient (Wildman–Crippen LogP) is 3.92. The van der Waals surface area contributed by atoms with Gasteiger partial charge in [-0.2, -0.15) is 4.98 Å². The smallest absolute Gasteiger partial charge is 0.262 e. The van der Waals surface area contributed by atoms with Crippen molar-refractivity contribution in [3.63, 3.8) is 0 Å². The van der Waals surface area contributed by atoms with Crippen molar-refractivity contribution in [3.8, 4) is 0 Å². The Labute approximate surface area is 149 Å². The van der Waals surface area contributed by atoms with Crippen LogP contribution in [0.4, 0.5) is 0 Å². The zero-order valence-corrected chi connectivity index (χ0v) is 15.1. The topological polar surface area (TPSA) is 73.8 Å². The fraction of sp³-hybridized carbons (Fsp3) is 0.444.